The average molecular weight is 331 g/mol. The lowest BCUT2D eigenvalue weighted by atomic mass is 10.1. The van der Waals surface area contributed by atoms with Crippen molar-refractivity contribution in [3.63, 3.8) is 0 Å². The first-order valence-electron chi connectivity index (χ1n) is 7.95. The number of hydrogen-bond donors (Lipinski definition) is 3. The molecule has 0 aliphatic rings. The number of para-hydroxylation sites is 1. The van der Waals surface area contributed by atoms with Gasteiger partial charge in [-0.3, -0.25) is 15.0 Å². The molecule has 0 radical (unpaired) electrons. The standard InChI is InChI=1S/C20H17N3O2/c1-25-15-6-4-5-13(9-15)10-19-17(20(24)23-22-19)11-14-12-21-18-8-3-2-7-16(14)18/h2-12,21-22H,1H3,(H,23,24). The number of aromatic nitrogens is 3. The Bertz CT molecular complexity index is 1210. The molecule has 25 heavy (non-hydrogen) atoms. The molecule has 3 N–H and O–H groups in total. The van der Waals surface area contributed by atoms with E-state index in [1.54, 1.807) is 7.11 Å². The van der Waals surface area contributed by atoms with Crippen LogP contribution in [0.3, 0.4) is 0 Å². The Morgan fingerprint density at radius 3 is 2.76 bits per heavy atom. The Morgan fingerprint density at radius 2 is 1.88 bits per heavy atom. The van der Waals surface area contributed by atoms with Crippen molar-refractivity contribution < 1.29 is 4.74 Å². The summed E-state index contributed by atoms with van der Waals surface area (Å²) in [6.45, 7) is 0. The minimum absolute atomic E-state index is 0.153. The Hall–Kier alpha value is -3.47. The zero-order valence-electron chi connectivity index (χ0n) is 13.7. The van der Waals surface area contributed by atoms with Crippen LogP contribution in [0.1, 0.15) is 11.1 Å². The number of methoxy groups -OCH3 is 1. The van der Waals surface area contributed by atoms with Crippen LogP contribution < -0.4 is 20.9 Å². The van der Waals surface area contributed by atoms with Crippen LogP contribution in [0.2, 0.25) is 0 Å². The van der Waals surface area contributed by atoms with Gasteiger partial charge < -0.3 is 9.72 Å². The van der Waals surface area contributed by atoms with Crippen molar-refractivity contribution in [3.05, 3.63) is 86.8 Å². The molecular weight excluding hydrogens is 314 g/mol. The fourth-order valence-electron chi connectivity index (χ4n) is 2.91. The number of ether oxygens (including phenoxy) is 1. The summed E-state index contributed by atoms with van der Waals surface area (Å²) in [6, 6.07) is 15.7. The minimum Gasteiger partial charge on any atom is -0.497 e. The van der Waals surface area contributed by atoms with Crippen molar-refractivity contribution >= 4 is 23.1 Å². The summed E-state index contributed by atoms with van der Waals surface area (Å²) in [4.78, 5) is 15.5. The fraction of sp³-hybridized carbons (Fsp3) is 0.0500. The van der Waals surface area contributed by atoms with E-state index < -0.39 is 0 Å². The van der Waals surface area contributed by atoms with Gasteiger partial charge in [-0.2, -0.15) is 0 Å². The first-order chi connectivity index (χ1) is 12.2. The number of aromatic amines is 3. The molecule has 0 aliphatic carbocycles. The van der Waals surface area contributed by atoms with Crippen LogP contribution >= 0.6 is 0 Å². The molecule has 0 aliphatic heterocycles. The second-order valence-electron chi connectivity index (χ2n) is 5.76. The predicted molar refractivity (Wildman–Crippen MR) is 99.1 cm³/mol. The van der Waals surface area contributed by atoms with E-state index in [9.17, 15) is 4.79 Å². The van der Waals surface area contributed by atoms with Crippen molar-refractivity contribution in [1.82, 2.24) is 15.2 Å². The third kappa shape index (κ3) is 2.87. The van der Waals surface area contributed by atoms with E-state index in [1.807, 2.05) is 66.9 Å². The molecule has 124 valence electrons. The van der Waals surface area contributed by atoms with Gasteiger partial charge in [-0.1, -0.05) is 30.3 Å². The quantitative estimate of drug-likeness (QED) is 0.536. The van der Waals surface area contributed by atoms with Crippen molar-refractivity contribution in [3.8, 4) is 5.75 Å². The number of fused-ring (bicyclic) bond motifs is 1. The fourth-order valence-corrected chi connectivity index (χ4v) is 2.91. The number of H-pyrrole nitrogens is 3. The zero-order valence-corrected chi connectivity index (χ0v) is 13.7. The first-order valence-corrected chi connectivity index (χ1v) is 7.95. The van der Waals surface area contributed by atoms with Gasteiger partial charge in [-0.05, 0) is 35.9 Å². The van der Waals surface area contributed by atoms with Crippen molar-refractivity contribution in [2.75, 3.05) is 7.11 Å². The smallest absolute Gasteiger partial charge is 0.271 e. The highest BCUT2D eigenvalue weighted by molar-refractivity contribution is 5.88. The van der Waals surface area contributed by atoms with Crippen LogP contribution in [0.25, 0.3) is 23.1 Å². The van der Waals surface area contributed by atoms with E-state index in [0.29, 0.717) is 5.22 Å². The summed E-state index contributed by atoms with van der Waals surface area (Å²) in [6.07, 6.45) is 5.72. The average Bonchev–Trinajstić information content (AvgIpc) is 3.21. The highest BCUT2D eigenvalue weighted by Gasteiger charge is 2.02. The van der Waals surface area contributed by atoms with E-state index >= 15 is 0 Å². The molecule has 4 aromatic rings. The molecule has 0 unspecified atom stereocenters. The molecule has 2 aromatic carbocycles. The normalized spacial score (nSPS) is 12.8. The Balaban J connectivity index is 1.90. The van der Waals surface area contributed by atoms with Crippen molar-refractivity contribution in [2.45, 2.75) is 0 Å². The molecule has 0 saturated heterocycles. The zero-order chi connectivity index (χ0) is 17.2. The van der Waals surface area contributed by atoms with Crippen LogP contribution in [0.15, 0.2) is 59.5 Å². The minimum atomic E-state index is -0.153. The largest absolute Gasteiger partial charge is 0.497 e. The molecule has 5 nitrogen and oxygen atoms in total. The summed E-state index contributed by atoms with van der Waals surface area (Å²) in [7, 11) is 1.63. The molecule has 0 saturated carbocycles. The highest BCUT2D eigenvalue weighted by atomic mass is 16.5. The second kappa shape index (κ2) is 6.20. The van der Waals surface area contributed by atoms with Gasteiger partial charge in [0, 0.05) is 22.7 Å². The predicted octanol–water partition coefficient (Wildman–Crippen LogP) is 1.85. The van der Waals surface area contributed by atoms with E-state index in [2.05, 4.69) is 15.2 Å². The molecule has 0 atom stereocenters. The van der Waals surface area contributed by atoms with E-state index in [0.717, 1.165) is 33.1 Å². The van der Waals surface area contributed by atoms with Gasteiger partial charge in [0.05, 0.1) is 17.7 Å². The molecular formula is C20H17N3O2. The number of benzene rings is 2. The molecule has 0 spiro atoms. The molecule has 0 fully saturated rings. The highest BCUT2D eigenvalue weighted by Crippen LogP contribution is 2.17. The Labute approximate surface area is 143 Å². The third-order valence-corrected chi connectivity index (χ3v) is 4.17. The number of rotatable bonds is 3. The van der Waals surface area contributed by atoms with Gasteiger partial charge in [-0.25, -0.2) is 0 Å². The summed E-state index contributed by atoms with van der Waals surface area (Å²) < 4.78 is 5.25. The van der Waals surface area contributed by atoms with E-state index in [4.69, 9.17) is 4.74 Å². The van der Waals surface area contributed by atoms with Gasteiger partial charge >= 0.3 is 0 Å². The van der Waals surface area contributed by atoms with Crippen LogP contribution in [-0.4, -0.2) is 22.3 Å². The maximum absolute atomic E-state index is 12.2. The second-order valence-corrected chi connectivity index (χ2v) is 5.76. The molecule has 0 amide bonds. The number of hydrogen-bond acceptors (Lipinski definition) is 2. The molecule has 5 heteroatoms. The van der Waals surface area contributed by atoms with Gasteiger partial charge in [0.2, 0.25) is 0 Å². The van der Waals surface area contributed by atoms with Gasteiger partial charge in [0.15, 0.2) is 0 Å². The molecule has 2 aromatic heterocycles. The summed E-state index contributed by atoms with van der Waals surface area (Å²) >= 11 is 0. The number of nitrogens with one attached hydrogen (secondary N) is 3. The Morgan fingerprint density at radius 1 is 1.00 bits per heavy atom. The van der Waals surface area contributed by atoms with Gasteiger partial charge in [-0.15, -0.1) is 0 Å². The maximum atomic E-state index is 12.2. The summed E-state index contributed by atoms with van der Waals surface area (Å²) in [5.41, 5.74) is 2.81. The molecule has 2 heterocycles. The maximum Gasteiger partial charge on any atom is 0.271 e. The summed E-state index contributed by atoms with van der Waals surface area (Å²) in [5.74, 6) is 0.772. The van der Waals surface area contributed by atoms with Crippen molar-refractivity contribution in [1.29, 1.82) is 0 Å². The third-order valence-electron chi connectivity index (χ3n) is 4.17. The lowest BCUT2D eigenvalue weighted by Crippen LogP contribution is -2.33. The summed E-state index contributed by atoms with van der Waals surface area (Å²) in [5, 5.41) is 8.00. The van der Waals surface area contributed by atoms with Crippen LogP contribution in [0, 0.1) is 0 Å². The topological polar surface area (TPSA) is 73.7 Å². The van der Waals surface area contributed by atoms with E-state index in [1.165, 1.54) is 0 Å². The van der Waals surface area contributed by atoms with Crippen molar-refractivity contribution in [2.24, 2.45) is 0 Å². The first kappa shape index (κ1) is 15.1. The van der Waals surface area contributed by atoms with Crippen LogP contribution in [-0.2, 0) is 0 Å². The van der Waals surface area contributed by atoms with Crippen LogP contribution in [0.5, 0.6) is 5.75 Å². The van der Waals surface area contributed by atoms with Crippen LogP contribution in [0.4, 0.5) is 0 Å². The van der Waals surface area contributed by atoms with E-state index in [-0.39, 0.29) is 5.56 Å². The van der Waals surface area contributed by atoms with Gasteiger partial charge in [0.1, 0.15) is 5.75 Å². The molecule has 4 rings (SSSR count). The SMILES string of the molecule is COc1cccc(C=c2[nH][nH]c(=O)c2=Cc2c[nH]c3ccccc23)c1. The molecule has 0 bridgehead atoms. The lowest BCUT2D eigenvalue weighted by Gasteiger charge is -1.99. The lowest BCUT2D eigenvalue weighted by molar-refractivity contribution is 0.414. The Kier molecular flexibility index (Phi) is 3.74. The monoisotopic (exact) mass is 331 g/mol. The van der Waals surface area contributed by atoms with Gasteiger partial charge in [0.25, 0.3) is 5.56 Å².